The van der Waals surface area contributed by atoms with E-state index < -0.39 is 0 Å². The monoisotopic (exact) mass is 120 g/mol. The first-order valence-electron chi connectivity index (χ1n) is 2.92. The van der Waals surface area contributed by atoms with Crippen LogP contribution in [0.1, 0.15) is 13.3 Å². The molecule has 1 aliphatic carbocycles. The summed E-state index contributed by atoms with van der Waals surface area (Å²) in [7, 11) is 0. The van der Waals surface area contributed by atoms with Crippen molar-refractivity contribution >= 4 is 0 Å². The summed E-state index contributed by atoms with van der Waals surface area (Å²) in [5.74, 6) is 0. The van der Waals surface area contributed by atoms with Crippen LogP contribution in [0.25, 0.3) is 0 Å². The molecular formula is C9H12. The number of rotatable bonds is 0. The minimum absolute atomic E-state index is 1.17. The molecule has 1 aliphatic rings. The SMILES string of the molecule is C=C=C.CC1=CC=CC1. The fourth-order valence-corrected chi connectivity index (χ4v) is 0.554. The molecule has 0 nitrogen and oxygen atoms in total. The molecule has 0 aromatic carbocycles. The zero-order valence-corrected chi connectivity index (χ0v) is 5.85. The molecule has 0 heteroatoms. The number of hydrogen-bond acceptors (Lipinski definition) is 0. The maximum Gasteiger partial charge on any atom is -0.0135 e. The van der Waals surface area contributed by atoms with Crippen molar-refractivity contribution in [1.82, 2.24) is 0 Å². The molecule has 0 aromatic heterocycles. The Bertz CT molecular complexity index is 153. The van der Waals surface area contributed by atoms with Gasteiger partial charge in [0, 0.05) is 0 Å². The summed E-state index contributed by atoms with van der Waals surface area (Å²) in [4.78, 5) is 0. The summed E-state index contributed by atoms with van der Waals surface area (Å²) in [6, 6.07) is 0. The topological polar surface area (TPSA) is 0 Å². The van der Waals surface area contributed by atoms with Gasteiger partial charge in [-0.05, 0) is 13.3 Å². The first-order chi connectivity index (χ1) is 4.31. The summed E-state index contributed by atoms with van der Waals surface area (Å²) in [5, 5.41) is 0. The van der Waals surface area contributed by atoms with Gasteiger partial charge in [0.25, 0.3) is 0 Å². The van der Waals surface area contributed by atoms with Crippen LogP contribution in [0.4, 0.5) is 0 Å². The van der Waals surface area contributed by atoms with Crippen LogP contribution >= 0.6 is 0 Å². The van der Waals surface area contributed by atoms with E-state index in [1.54, 1.807) is 0 Å². The molecule has 0 saturated heterocycles. The molecule has 0 radical (unpaired) electrons. The third-order valence-electron chi connectivity index (χ3n) is 0.957. The van der Waals surface area contributed by atoms with Crippen molar-refractivity contribution in [1.29, 1.82) is 0 Å². The van der Waals surface area contributed by atoms with Gasteiger partial charge in [-0.15, -0.1) is 5.73 Å². The fourth-order valence-electron chi connectivity index (χ4n) is 0.554. The van der Waals surface area contributed by atoms with Crippen molar-refractivity contribution in [3.8, 4) is 0 Å². The van der Waals surface area contributed by atoms with Gasteiger partial charge in [-0.2, -0.15) is 0 Å². The van der Waals surface area contributed by atoms with E-state index in [-0.39, 0.29) is 0 Å². The lowest BCUT2D eigenvalue weighted by atomic mass is 10.3. The lowest BCUT2D eigenvalue weighted by Crippen LogP contribution is -1.58. The Labute approximate surface area is 56.9 Å². The van der Waals surface area contributed by atoms with E-state index >= 15 is 0 Å². The zero-order chi connectivity index (χ0) is 7.11. The van der Waals surface area contributed by atoms with Crippen molar-refractivity contribution in [2.24, 2.45) is 0 Å². The van der Waals surface area contributed by atoms with Gasteiger partial charge in [-0.25, -0.2) is 0 Å². The van der Waals surface area contributed by atoms with Gasteiger partial charge in [0.2, 0.25) is 0 Å². The maximum atomic E-state index is 3.12. The van der Waals surface area contributed by atoms with Crippen LogP contribution in [-0.2, 0) is 0 Å². The summed E-state index contributed by atoms with van der Waals surface area (Å²) < 4.78 is 0. The van der Waals surface area contributed by atoms with E-state index in [4.69, 9.17) is 0 Å². The normalized spacial score (nSPS) is 13.2. The summed E-state index contributed by atoms with van der Waals surface area (Å²) in [5.41, 5.74) is 3.72. The second-order valence-electron chi connectivity index (χ2n) is 1.90. The minimum atomic E-state index is 1.17. The van der Waals surface area contributed by atoms with Crippen LogP contribution in [0.15, 0.2) is 42.7 Å². The van der Waals surface area contributed by atoms with Crippen LogP contribution in [0.5, 0.6) is 0 Å². The van der Waals surface area contributed by atoms with E-state index in [9.17, 15) is 0 Å². The maximum absolute atomic E-state index is 3.12. The van der Waals surface area contributed by atoms with Crippen LogP contribution in [-0.4, -0.2) is 0 Å². The van der Waals surface area contributed by atoms with Gasteiger partial charge in [0.05, 0.1) is 0 Å². The van der Waals surface area contributed by atoms with Crippen LogP contribution in [0.2, 0.25) is 0 Å². The van der Waals surface area contributed by atoms with E-state index in [0.29, 0.717) is 0 Å². The standard InChI is InChI=1S/C6H8.C3H4/c1-6-4-2-3-5-6;1-3-2/h2-4H,5H2,1H3;1-2H2. The highest BCUT2D eigenvalue weighted by Gasteiger charge is 1.86. The highest BCUT2D eigenvalue weighted by Crippen LogP contribution is 2.06. The molecule has 0 amide bonds. The zero-order valence-electron chi connectivity index (χ0n) is 5.85. The third kappa shape index (κ3) is 4.86. The van der Waals surface area contributed by atoms with E-state index in [1.807, 2.05) is 0 Å². The lowest BCUT2D eigenvalue weighted by Gasteiger charge is -1.78. The number of hydrogen-bond donors (Lipinski definition) is 0. The molecule has 0 saturated carbocycles. The quantitative estimate of drug-likeness (QED) is 0.431. The first kappa shape index (κ1) is 8.00. The average molecular weight is 120 g/mol. The summed E-state index contributed by atoms with van der Waals surface area (Å²) in [6.07, 6.45) is 7.56. The Kier molecular flexibility index (Phi) is 4.57. The highest BCUT2D eigenvalue weighted by molar-refractivity contribution is 5.20. The summed E-state index contributed by atoms with van der Waals surface area (Å²) >= 11 is 0. The molecule has 0 aromatic rings. The van der Waals surface area contributed by atoms with Crippen LogP contribution < -0.4 is 0 Å². The van der Waals surface area contributed by atoms with Crippen molar-refractivity contribution in [3.05, 3.63) is 42.7 Å². The van der Waals surface area contributed by atoms with Gasteiger partial charge >= 0.3 is 0 Å². The molecule has 0 bridgehead atoms. The lowest BCUT2D eigenvalue weighted by molar-refractivity contribution is 1.25. The predicted molar refractivity (Wildman–Crippen MR) is 42.3 cm³/mol. The molecule has 0 N–H and O–H groups in total. The van der Waals surface area contributed by atoms with Crippen molar-refractivity contribution in [2.45, 2.75) is 13.3 Å². The smallest absolute Gasteiger partial charge is 0.0135 e. The summed E-state index contributed by atoms with van der Waals surface area (Å²) in [6.45, 7) is 8.39. The average Bonchev–Trinajstić information content (AvgIpc) is 2.20. The fraction of sp³-hybridized carbons (Fsp3) is 0.222. The van der Waals surface area contributed by atoms with Crippen LogP contribution in [0.3, 0.4) is 0 Å². The minimum Gasteiger partial charge on any atom is -0.137 e. The number of allylic oxidation sites excluding steroid dienone is 4. The van der Waals surface area contributed by atoms with Gasteiger partial charge in [-0.3, -0.25) is 0 Å². The van der Waals surface area contributed by atoms with E-state index in [2.05, 4.69) is 44.0 Å². The third-order valence-corrected chi connectivity index (χ3v) is 0.957. The highest BCUT2D eigenvalue weighted by atomic mass is 13.9. The van der Waals surface area contributed by atoms with Gasteiger partial charge in [0.15, 0.2) is 0 Å². The van der Waals surface area contributed by atoms with Gasteiger partial charge in [-0.1, -0.05) is 37.0 Å². The molecule has 0 atom stereocenters. The Morgan fingerprint density at radius 1 is 1.56 bits per heavy atom. The molecule has 0 unspecified atom stereocenters. The molecule has 48 valence electrons. The van der Waals surface area contributed by atoms with Crippen molar-refractivity contribution in [2.75, 3.05) is 0 Å². The molecule has 9 heavy (non-hydrogen) atoms. The van der Waals surface area contributed by atoms with Crippen molar-refractivity contribution < 1.29 is 0 Å². The van der Waals surface area contributed by atoms with Gasteiger partial charge in [0.1, 0.15) is 0 Å². The molecule has 0 spiro atoms. The molecular weight excluding hydrogens is 108 g/mol. The predicted octanol–water partition coefficient (Wildman–Crippen LogP) is 2.85. The van der Waals surface area contributed by atoms with Gasteiger partial charge < -0.3 is 0 Å². The second-order valence-corrected chi connectivity index (χ2v) is 1.90. The Morgan fingerprint density at radius 2 is 2.11 bits per heavy atom. The first-order valence-corrected chi connectivity index (χ1v) is 2.92. The Balaban J connectivity index is 0.000000187. The molecule has 0 aliphatic heterocycles. The molecule has 1 rings (SSSR count). The van der Waals surface area contributed by atoms with E-state index in [0.717, 1.165) is 0 Å². The van der Waals surface area contributed by atoms with Crippen molar-refractivity contribution in [3.63, 3.8) is 0 Å². The second kappa shape index (κ2) is 5.14. The van der Waals surface area contributed by atoms with E-state index in [1.165, 1.54) is 12.0 Å². The van der Waals surface area contributed by atoms with Crippen LogP contribution in [0, 0.1) is 0 Å². The molecule has 0 heterocycles. The largest absolute Gasteiger partial charge is 0.137 e. The Morgan fingerprint density at radius 3 is 2.22 bits per heavy atom. The Hall–Kier alpha value is -1.00. The molecule has 0 fully saturated rings.